The van der Waals surface area contributed by atoms with Gasteiger partial charge in [-0.05, 0) is 31.0 Å². The minimum absolute atomic E-state index is 0.0820. The summed E-state index contributed by atoms with van der Waals surface area (Å²) in [6, 6.07) is 6.03. The lowest BCUT2D eigenvalue weighted by molar-refractivity contribution is 0.301. The predicted octanol–water partition coefficient (Wildman–Crippen LogP) is 1.50. The normalized spacial score (nSPS) is 15.8. The molecule has 5 nitrogen and oxygen atoms in total. The minimum Gasteiger partial charge on any atom is -0.409 e. The highest BCUT2D eigenvalue weighted by molar-refractivity contribution is 9.10. The van der Waals surface area contributed by atoms with Gasteiger partial charge in [-0.25, -0.2) is 0 Å². The van der Waals surface area contributed by atoms with Gasteiger partial charge < -0.3 is 20.9 Å². The molecule has 1 fully saturated rings. The van der Waals surface area contributed by atoms with Crippen LogP contribution in [0.1, 0.15) is 18.4 Å². The van der Waals surface area contributed by atoms with Gasteiger partial charge in [0, 0.05) is 28.3 Å². The number of aliphatic hydroxyl groups is 1. The lowest BCUT2D eigenvalue weighted by Crippen LogP contribution is -2.31. The van der Waals surface area contributed by atoms with Crippen molar-refractivity contribution < 1.29 is 10.3 Å². The third kappa shape index (κ3) is 2.76. The molecule has 0 heterocycles. The second-order valence-electron chi connectivity index (χ2n) is 4.29. The van der Waals surface area contributed by atoms with Crippen LogP contribution in [-0.4, -0.2) is 35.3 Å². The van der Waals surface area contributed by atoms with Gasteiger partial charge in [-0.1, -0.05) is 21.1 Å². The van der Waals surface area contributed by atoms with Crippen molar-refractivity contribution in [3.8, 4) is 0 Å². The number of rotatable bonds is 5. The fourth-order valence-corrected chi connectivity index (χ4v) is 2.36. The van der Waals surface area contributed by atoms with E-state index in [0.29, 0.717) is 18.2 Å². The molecule has 98 valence electrons. The number of oxime groups is 1. The third-order valence-electron chi connectivity index (χ3n) is 2.98. The maximum atomic E-state index is 9.17. The Kier molecular flexibility index (Phi) is 4.08. The SMILES string of the molecule is N/C(=N/O)c1ccc(Br)cc1N(CCO)C1CC1. The summed E-state index contributed by atoms with van der Waals surface area (Å²) >= 11 is 3.42. The van der Waals surface area contributed by atoms with Crippen LogP contribution < -0.4 is 10.6 Å². The molecule has 4 N–H and O–H groups in total. The van der Waals surface area contributed by atoms with Gasteiger partial charge in [0.15, 0.2) is 5.84 Å². The Hall–Kier alpha value is -1.27. The van der Waals surface area contributed by atoms with Crippen LogP contribution in [0.15, 0.2) is 27.8 Å². The first-order valence-electron chi connectivity index (χ1n) is 5.82. The number of amidine groups is 1. The maximum Gasteiger partial charge on any atom is 0.172 e. The van der Waals surface area contributed by atoms with Crippen LogP contribution in [-0.2, 0) is 0 Å². The Morgan fingerprint density at radius 1 is 1.50 bits per heavy atom. The van der Waals surface area contributed by atoms with Gasteiger partial charge in [-0.15, -0.1) is 0 Å². The molecule has 0 spiro atoms. The van der Waals surface area contributed by atoms with E-state index in [1.807, 2.05) is 12.1 Å². The van der Waals surface area contributed by atoms with Crippen molar-refractivity contribution in [2.24, 2.45) is 10.9 Å². The molecule has 1 aromatic carbocycles. The smallest absolute Gasteiger partial charge is 0.172 e. The Balaban J connectivity index is 2.42. The third-order valence-corrected chi connectivity index (χ3v) is 3.47. The largest absolute Gasteiger partial charge is 0.409 e. The summed E-state index contributed by atoms with van der Waals surface area (Å²) < 4.78 is 0.926. The Labute approximate surface area is 114 Å². The number of nitrogens with two attached hydrogens (primary N) is 1. The number of aliphatic hydroxyl groups excluding tert-OH is 1. The fraction of sp³-hybridized carbons (Fsp3) is 0.417. The zero-order valence-electron chi connectivity index (χ0n) is 9.88. The van der Waals surface area contributed by atoms with Gasteiger partial charge in [0.2, 0.25) is 0 Å². The van der Waals surface area contributed by atoms with Crippen LogP contribution in [0.25, 0.3) is 0 Å². The second-order valence-corrected chi connectivity index (χ2v) is 5.21. The standard InChI is InChI=1S/C12H16BrN3O2/c13-8-1-4-10(12(14)15-18)11(7-8)16(5-6-17)9-2-3-9/h1,4,7,9,17-18H,2-3,5-6H2,(H2,14,15). The van der Waals surface area contributed by atoms with Crippen molar-refractivity contribution in [2.45, 2.75) is 18.9 Å². The zero-order chi connectivity index (χ0) is 13.1. The van der Waals surface area contributed by atoms with Crippen LogP contribution in [0, 0.1) is 0 Å². The van der Waals surface area contributed by atoms with E-state index in [2.05, 4.69) is 26.0 Å². The number of hydrogen-bond donors (Lipinski definition) is 3. The number of benzene rings is 1. The average molecular weight is 314 g/mol. The van der Waals surface area contributed by atoms with E-state index in [-0.39, 0.29) is 12.4 Å². The van der Waals surface area contributed by atoms with Crippen molar-refractivity contribution in [1.29, 1.82) is 0 Å². The number of halogens is 1. The highest BCUT2D eigenvalue weighted by Gasteiger charge is 2.30. The lowest BCUT2D eigenvalue weighted by Gasteiger charge is -2.26. The first-order valence-corrected chi connectivity index (χ1v) is 6.61. The van der Waals surface area contributed by atoms with Crippen LogP contribution in [0.2, 0.25) is 0 Å². The first kappa shape index (κ1) is 13.2. The van der Waals surface area contributed by atoms with Gasteiger partial charge in [0.25, 0.3) is 0 Å². The highest BCUT2D eigenvalue weighted by Crippen LogP contribution is 2.34. The van der Waals surface area contributed by atoms with Crippen molar-refractivity contribution in [3.05, 3.63) is 28.2 Å². The van der Waals surface area contributed by atoms with E-state index in [9.17, 15) is 0 Å². The van der Waals surface area contributed by atoms with E-state index in [1.165, 1.54) is 0 Å². The van der Waals surface area contributed by atoms with Crippen molar-refractivity contribution in [2.75, 3.05) is 18.1 Å². The van der Waals surface area contributed by atoms with Crippen molar-refractivity contribution in [1.82, 2.24) is 0 Å². The summed E-state index contributed by atoms with van der Waals surface area (Å²) in [7, 11) is 0. The van der Waals surface area contributed by atoms with E-state index >= 15 is 0 Å². The number of anilines is 1. The molecular formula is C12H16BrN3O2. The Morgan fingerprint density at radius 3 is 2.78 bits per heavy atom. The van der Waals surface area contributed by atoms with E-state index in [0.717, 1.165) is 23.0 Å². The highest BCUT2D eigenvalue weighted by atomic mass is 79.9. The van der Waals surface area contributed by atoms with Gasteiger partial charge in [-0.3, -0.25) is 0 Å². The molecular weight excluding hydrogens is 298 g/mol. The molecule has 1 saturated carbocycles. The molecule has 0 atom stereocenters. The molecule has 0 saturated heterocycles. The van der Waals surface area contributed by atoms with Gasteiger partial charge in [0.05, 0.1) is 6.61 Å². The summed E-state index contributed by atoms with van der Waals surface area (Å²) in [6.07, 6.45) is 2.23. The summed E-state index contributed by atoms with van der Waals surface area (Å²) in [6.45, 7) is 0.630. The van der Waals surface area contributed by atoms with E-state index in [4.69, 9.17) is 16.0 Å². The van der Waals surface area contributed by atoms with Crippen LogP contribution in [0.5, 0.6) is 0 Å². The van der Waals surface area contributed by atoms with Gasteiger partial charge in [0.1, 0.15) is 0 Å². The number of nitrogens with zero attached hydrogens (tertiary/aromatic N) is 2. The Bertz CT molecular complexity index is 461. The molecule has 2 rings (SSSR count). The molecule has 18 heavy (non-hydrogen) atoms. The first-order chi connectivity index (χ1) is 8.67. The minimum atomic E-state index is 0.0820. The molecule has 0 unspecified atom stereocenters. The second kappa shape index (κ2) is 5.58. The predicted molar refractivity (Wildman–Crippen MR) is 74.1 cm³/mol. The van der Waals surface area contributed by atoms with E-state index in [1.54, 1.807) is 6.07 Å². The molecule has 1 aliphatic carbocycles. The van der Waals surface area contributed by atoms with Gasteiger partial charge >= 0.3 is 0 Å². The van der Waals surface area contributed by atoms with Crippen LogP contribution in [0.3, 0.4) is 0 Å². The Morgan fingerprint density at radius 2 is 2.22 bits per heavy atom. The molecule has 1 aliphatic rings. The molecule has 0 radical (unpaired) electrons. The van der Waals surface area contributed by atoms with Crippen molar-refractivity contribution >= 4 is 27.5 Å². The van der Waals surface area contributed by atoms with Crippen molar-refractivity contribution in [3.63, 3.8) is 0 Å². The average Bonchev–Trinajstić information content (AvgIpc) is 3.19. The monoisotopic (exact) mass is 313 g/mol. The molecule has 0 bridgehead atoms. The van der Waals surface area contributed by atoms with Crippen LogP contribution in [0.4, 0.5) is 5.69 Å². The quantitative estimate of drug-likeness (QED) is 0.333. The molecule has 0 aromatic heterocycles. The topological polar surface area (TPSA) is 82.1 Å². The van der Waals surface area contributed by atoms with Crippen LogP contribution >= 0.6 is 15.9 Å². The van der Waals surface area contributed by atoms with Gasteiger partial charge in [-0.2, -0.15) is 0 Å². The number of hydrogen-bond acceptors (Lipinski definition) is 4. The molecule has 0 amide bonds. The summed E-state index contributed by atoms with van der Waals surface area (Å²) in [4.78, 5) is 2.11. The summed E-state index contributed by atoms with van der Waals surface area (Å²) in [5, 5.41) is 21.1. The molecule has 6 heteroatoms. The summed E-state index contributed by atoms with van der Waals surface area (Å²) in [5.74, 6) is 0.0843. The zero-order valence-corrected chi connectivity index (χ0v) is 11.5. The fourth-order valence-electron chi connectivity index (χ4n) is 2.01. The molecule has 0 aliphatic heterocycles. The maximum absolute atomic E-state index is 9.17. The lowest BCUT2D eigenvalue weighted by atomic mass is 10.1. The summed E-state index contributed by atoms with van der Waals surface area (Å²) in [5.41, 5.74) is 7.26. The van der Waals surface area contributed by atoms with E-state index < -0.39 is 0 Å². The molecule has 1 aromatic rings.